The lowest BCUT2D eigenvalue weighted by Gasteiger charge is -2.03. The van der Waals surface area contributed by atoms with Crippen LogP contribution in [-0.4, -0.2) is 17.7 Å². The zero-order valence-corrected chi connectivity index (χ0v) is 8.30. The average molecular weight is 183 g/mol. The first kappa shape index (κ1) is 10.2. The molecule has 74 valence electrons. The molecule has 1 saturated carbocycles. The van der Waals surface area contributed by atoms with Crippen LogP contribution in [0.15, 0.2) is 0 Å². The van der Waals surface area contributed by atoms with E-state index in [-0.39, 0.29) is 17.7 Å². The zero-order valence-electron chi connectivity index (χ0n) is 8.30. The van der Waals surface area contributed by atoms with Gasteiger partial charge in [-0.25, -0.2) is 0 Å². The van der Waals surface area contributed by atoms with E-state index in [0.29, 0.717) is 12.3 Å². The summed E-state index contributed by atoms with van der Waals surface area (Å²) >= 11 is 0. The van der Waals surface area contributed by atoms with E-state index in [2.05, 4.69) is 5.32 Å². The summed E-state index contributed by atoms with van der Waals surface area (Å²) in [5.74, 6) is -0.165. The summed E-state index contributed by atoms with van der Waals surface area (Å²) in [6.45, 7) is 4.10. The quantitative estimate of drug-likeness (QED) is 0.652. The summed E-state index contributed by atoms with van der Waals surface area (Å²) in [7, 11) is 0. The van der Waals surface area contributed by atoms with Gasteiger partial charge in [-0.1, -0.05) is 13.8 Å². The molecule has 13 heavy (non-hydrogen) atoms. The van der Waals surface area contributed by atoms with E-state index < -0.39 is 0 Å². The van der Waals surface area contributed by atoms with Crippen molar-refractivity contribution in [2.75, 3.05) is 0 Å². The zero-order chi connectivity index (χ0) is 9.84. The SMILES string of the molecule is CC(C)CCC(=O)C(=O)NC1CC1. The van der Waals surface area contributed by atoms with Crippen molar-refractivity contribution in [2.24, 2.45) is 5.92 Å². The lowest BCUT2D eigenvalue weighted by molar-refractivity contribution is -0.138. The highest BCUT2D eigenvalue weighted by molar-refractivity contribution is 6.36. The lowest BCUT2D eigenvalue weighted by Crippen LogP contribution is -2.32. The Morgan fingerprint density at radius 2 is 2.00 bits per heavy atom. The first-order valence-electron chi connectivity index (χ1n) is 4.93. The van der Waals surface area contributed by atoms with Crippen LogP contribution in [0.3, 0.4) is 0 Å². The summed E-state index contributed by atoms with van der Waals surface area (Å²) in [6.07, 6.45) is 3.25. The summed E-state index contributed by atoms with van der Waals surface area (Å²) in [5, 5.41) is 2.69. The fourth-order valence-electron chi connectivity index (χ4n) is 1.03. The molecule has 1 rings (SSSR count). The van der Waals surface area contributed by atoms with Crippen molar-refractivity contribution in [1.29, 1.82) is 0 Å². The van der Waals surface area contributed by atoms with Crippen LogP contribution in [-0.2, 0) is 9.59 Å². The van der Waals surface area contributed by atoms with E-state index in [4.69, 9.17) is 0 Å². The Balaban J connectivity index is 2.17. The normalized spacial score (nSPS) is 15.9. The number of Topliss-reactive ketones (excluding diaryl/α,β-unsaturated/α-hetero) is 1. The van der Waals surface area contributed by atoms with Gasteiger partial charge in [-0.05, 0) is 25.2 Å². The Hall–Kier alpha value is -0.860. The number of amides is 1. The number of ketones is 1. The molecule has 0 unspecified atom stereocenters. The van der Waals surface area contributed by atoms with Crippen LogP contribution in [0.4, 0.5) is 0 Å². The van der Waals surface area contributed by atoms with Gasteiger partial charge in [0.2, 0.25) is 5.78 Å². The van der Waals surface area contributed by atoms with Crippen LogP contribution in [0.25, 0.3) is 0 Å². The maximum atomic E-state index is 11.2. The second kappa shape index (κ2) is 4.40. The maximum absolute atomic E-state index is 11.2. The smallest absolute Gasteiger partial charge is 0.287 e. The topological polar surface area (TPSA) is 46.2 Å². The minimum absolute atomic E-state index is 0.263. The summed E-state index contributed by atoms with van der Waals surface area (Å²) in [6, 6.07) is 0.287. The molecule has 1 amide bonds. The van der Waals surface area contributed by atoms with Crippen LogP contribution in [0.5, 0.6) is 0 Å². The molecule has 0 aromatic heterocycles. The van der Waals surface area contributed by atoms with Gasteiger partial charge in [-0.2, -0.15) is 0 Å². The molecule has 0 bridgehead atoms. The number of hydrogen-bond acceptors (Lipinski definition) is 2. The molecule has 0 atom stereocenters. The van der Waals surface area contributed by atoms with Gasteiger partial charge >= 0.3 is 0 Å². The van der Waals surface area contributed by atoms with E-state index in [9.17, 15) is 9.59 Å². The molecule has 1 aliphatic rings. The van der Waals surface area contributed by atoms with Gasteiger partial charge in [0.1, 0.15) is 0 Å². The highest BCUT2D eigenvalue weighted by Crippen LogP contribution is 2.18. The first-order valence-corrected chi connectivity index (χ1v) is 4.93. The Morgan fingerprint density at radius 3 is 2.46 bits per heavy atom. The largest absolute Gasteiger partial charge is 0.347 e. The maximum Gasteiger partial charge on any atom is 0.287 e. The monoisotopic (exact) mass is 183 g/mol. The fraction of sp³-hybridized carbons (Fsp3) is 0.800. The van der Waals surface area contributed by atoms with Crippen molar-refractivity contribution in [3.63, 3.8) is 0 Å². The Labute approximate surface area is 78.9 Å². The molecule has 3 heteroatoms. The van der Waals surface area contributed by atoms with E-state index >= 15 is 0 Å². The van der Waals surface area contributed by atoms with E-state index in [1.807, 2.05) is 13.8 Å². The predicted octanol–water partition coefficient (Wildman–Crippen LogP) is 1.27. The number of carbonyl (C=O) groups excluding carboxylic acids is 2. The van der Waals surface area contributed by atoms with Gasteiger partial charge in [0.25, 0.3) is 5.91 Å². The molecule has 0 aromatic rings. The number of nitrogens with one attached hydrogen (secondary N) is 1. The predicted molar refractivity (Wildman–Crippen MR) is 50.2 cm³/mol. The summed E-state index contributed by atoms with van der Waals surface area (Å²) in [5.41, 5.74) is 0. The number of carbonyl (C=O) groups is 2. The van der Waals surface area contributed by atoms with E-state index in [0.717, 1.165) is 19.3 Å². The van der Waals surface area contributed by atoms with Gasteiger partial charge in [0, 0.05) is 12.5 Å². The molecule has 0 aliphatic heterocycles. The van der Waals surface area contributed by atoms with Crippen LogP contribution < -0.4 is 5.32 Å². The molecule has 0 aromatic carbocycles. The van der Waals surface area contributed by atoms with Crippen LogP contribution in [0.2, 0.25) is 0 Å². The highest BCUT2D eigenvalue weighted by atomic mass is 16.2. The number of rotatable bonds is 5. The molecular formula is C10H17NO2. The lowest BCUT2D eigenvalue weighted by atomic mass is 10.1. The molecule has 1 aliphatic carbocycles. The Morgan fingerprint density at radius 1 is 1.38 bits per heavy atom. The van der Waals surface area contributed by atoms with Crippen LogP contribution >= 0.6 is 0 Å². The molecule has 3 nitrogen and oxygen atoms in total. The van der Waals surface area contributed by atoms with Crippen molar-refractivity contribution in [3.05, 3.63) is 0 Å². The van der Waals surface area contributed by atoms with Gasteiger partial charge in [0.15, 0.2) is 0 Å². The highest BCUT2D eigenvalue weighted by Gasteiger charge is 2.25. The molecular weight excluding hydrogens is 166 g/mol. The van der Waals surface area contributed by atoms with Crippen molar-refractivity contribution < 1.29 is 9.59 Å². The van der Waals surface area contributed by atoms with Crippen LogP contribution in [0.1, 0.15) is 39.5 Å². The van der Waals surface area contributed by atoms with Crippen molar-refractivity contribution >= 4 is 11.7 Å². The molecule has 1 fully saturated rings. The second-order valence-electron chi connectivity index (χ2n) is 4.10. The molecule has 0 heterocycles. The molecule has 0 spiro atoms. The van der Waals surface area contributed by atoms with Crippen molar-refractivity contribution in [1.82, 2.24) is 5.32 Å². The fourth-order valence-corrected chi connectivity index (χ4v) is 1.03. The van der Waals surface area contributed by atoms with E-state index in [1.165, 1.54) is 0 Å². The first-order chi connectivity index (χ1) is 6.09. The molecule has 0 saturated heterocycles. The number of hydrogen-bond donors (Lipinski definition) is 1. The summed E-state index contributed by atoms with van der Waals surface area (Å²) in [4.78, 5) is 22.3. The van der Waals surface area contributed by atoms with Gasteiger partial charge in [-0.3, -0.25) is 9.59 Å². The Kier molecular flexibility index (Phi) is 3.46. The Bertz CT molecular complexity index is 207. The van der Waals surface area contributed by atoms with Gasteiger partial charge in [-0.15, -0.1) is 0 Å². The van der Waals surface area contributed by atoms with Gasteiger partial charge < -0.3 is 5.32 Å². The molecule has 0 radical (unpaired) electrons. The standard InChI is InChI=1S/C10H17NO2/c1-7(2)3-6-9(12)10(13)11-8-4-5-8/h7-8H,3-6H2,1-2H3,(H,11,13). The van der Waals surface area contributed by atoms with Crippen molar-refractivity contribution in [3.8, 4) is 0 Å². The average Bonchev–Trinajstić information content (AvgIpc) is 2.83. The third-order valence-corrected chi connectivity index (χ3v) is 2.11. The second-order valence-corrected chi connectivity index (χ2v) is 4.10. The molecule has 1 N–H and O–H groups in total. The van der Waals surface area contributed by atoms with Crippen LogP contribution in [0, 0.1) is 5.92 Å². The van der Waals surface area contributed by atoms with E-state index in [1.54, 1.807) is 0 Å². The third-order valence-electron chi connectivity index (χ3n) is 2.11. The summed E-state index contributed by atoms with van der Waals surface area (Å²) < 4.78 is 0. The minimum atomic E-state index is -0.386. The van der Waals surface area contributed by atoms with Crippen molar-refractivity contribution in [2.45, 2.75) is 45.6 Å². The minimum Gasteiger partial charge on any atom is -0.347 e. The third kappa shape index (κ3) is 4.06. The van der Waals surface area contributed by atoms with Gasteiger partial charge in [0.05, 0.1) is 0 Å².